The van der Waals surface area contributed by atoms with Gasteiger partial charge in [0.05, 0.1) is 11.2 Å². The van der Waals surface area contributed by atoms with E-state index < -0.39 is 11.2 Å². The minimum absolute atomic E-state index is 0.465. The molecule has 0 rings (SSSR count). The van der Waals surface area contributed by atoms with Crippen molar-refractivity contribution >= 4 is 0 Å². The predicted molar refractivity (Wildman–Crippen MR) is 53.3 cm³/mol. The third-order valence-corrected chi connectivity index (χ3v) is 1.98. The Morgan fingerprint density at radius 1 is 1.25 bits per heavy atom. The predicted octanol–water partition coefficient (Wildman–Crippen LogP) is 2.37. The average Bonchev–Trinajstić information content (AvgIpc) is 1.87. The first-order valence-corrected chi connectivity index (χ1v) is 4.07. The van der Waals surface area contributed by atoms with Gasteiger partial charge in [0.2, 0.25) is 0 Å². The Labute approximate surface area is 76.2 Å². The van der Waals surface area contributed by atoms with Crippen molar-refractivity contribution in [3.8, 4) is 0 Å². The van der Waals surface area contributed by atoms with Crippen LogP contribution in [0, 0.1) is 0 Å². The van der Waals surface area contributed by atoms with Crippen LogP contribution in [0.2, 0.25) is 0 Å². The molecule has 2 heteroatoms. The third-order valence-electron chi connectivity index (χ3n) is 1.98. The molecule has 0 aliphatic heterocycles. The minimum atomic E-state index is -0.776. The van der Waals surface area contributed by atoms with Crippen LogP contribution in [0.5, 0.6) is 0 Å². The zero-order valence-corrected chi connectivity index (χ0v) is 9.14. The molecule has 0 aromatic carbocycles. The highest BCUT2D eigenvalue weighted by atomic mass is 16.5. The van der Waals surface area contributed by atoms with Crippen LogP contribution < -0.4 is 0 Å². The minimum Gasteiger partial charge on any atom is -0.387 e. The summed E-state index contributed by atoms with van der Waals surface area (Å²) in [7, 11) is 1.60. The Morgan fingerprint density at radius 3 is 1.50 bits per heavy atom. The molecule has 2 nitrogen and oxygen atoms in total. The fourth-order valence-electron chi connectivity index (χ4n) is 0.250. The maximum absolute atomic E-state index is 9.42. The summed E-state index contributed by atoms with van der Waals surface area (Å²) in [5.41, 5.74) is -1.24. The van der Waals surface area contributed by atoms with E-state index in [0.29, 0.717) is 0 Å². The highest BCUT2D eigenvalue weighted by molar-refractivity contribution is 4.86. The maximum Gasteiger partial charge on any atom is 0.0902 e. The summed E-state index contributed by atoms with van der Waals surface area (Å²) in [5.74, 6) is 0. The number of allylic oxidation sites excluding steroid dienone is 1. The summed E-state index contributed by atoms with van der Waals surface area (Å²) >= 11 is 0. The van der Waals surface area contributed by atoms with Gasteiger partial charge < -0.3 is 9.84 Å². The van der Waals surface area contributed by atoms with E-state index in [1.165, 1.54) is 0 Å². The molecule has 0 saturated carbocycles. The molecule has 0 amide bonds. The Balaban J connectivity index is 0. The smallest absolute Gasteiger partial charge is 0.0902 e. The van der Waals surface area contributed by atoms with Crippen molar-refractivity contribution in [1.29, 1.82) is 0 Å². The lowest BCUT2D eigenvalue weighted by Crippen LogP contribution is -2.46. The lowest BCUT2D eigenvalue weighted by atomic mass is 9.90. The number of hydrogen-bond donors (Lipinski definition) is 1. The number of rotatable bonds is 2. The fourth-order valence-corrected chi connectivity index (χ4v) is 0.250. The zero-order valence-electron chi connectivity index (χ0n) is 9.14. The molecule has 0 radical (unpaired) electrons. The van der Waals surface area contributed by atoms with E-state index in [4.69, 9.17) is 4.74 Å². The fraction of sp³-hybridized carbons (Fsp3) is 0.800. The van der Waals surface area contributed by atoms with Gasteiger partial charge in [0.1, 0.15) is 0 Å². The van der Waals surface area contributed by atoms with E-state index in [2.05, 4.69) is 6.58 Å². The number of hydrogen-bond acceptors (Lipinski definition) is 2. The van der Waals surface area contributed by atoms with E-state index in [-0.39, 0.29) is 0 Å². The standard InChI is InChI=1S/C7H16O2.C3H6/c1-6(2,8)7(3,4)9-5;1-3-2/h8H,1-5H3;3H,1H2,2H3. The van der Waals surface area contributed by atoms with Gasteiger partial charge in [-0.15, -0.1) is 6.58 Å². The lowest BCUT2D eigenvalue weighted by molar-refractivity contribution is -0.129. The zero-order chi connectivity index (χ0) is 10.4. The van der Waals surface area contributed by atoms with E-state index >= 15 is 0 Å². The molecule has 0 spiro atoms. The molecule has 0 aliphatic carbocycles. The van der Waals surface area contributed by atoms with Gasteiger partial charge in [0.25, 0.3) is 0 Å². The monoisotopic (exact) mass is 174 g/mol. The van der Waals surface area contributed by atoms with Gasteiger partial charge in [-0.2, -0.15) is 0 Å². The topological polar surface area (TPSA) is 29.5 Å². The van der Waals surface area contributed by atoms with Crippen molar-refractivity contribution in [1.82, 2.24) is 0 Å². The molecule has 0 aromatic heterocycles. The Kier molecular flexibility index (Phi) is 6.31. The van der Waals surface area contributed by atoms with Crippen LogP contribution in [0.3, 0.4) is 0 Å². The molecule has 0 aromatic rings. The van der Waals surface area contributed by atoms with Gasteiger partial charge in [-0.3, -0.25) is 0 Å². The quantitative estimate of drug-likeness (QED) is 0.651. The molecule has 0 aliphatic rings. The summed E-state index contributed by atoms with van der Waals surface area (Å²) in [6, 6.07) is 0. The van der Waals surface area contributed by atoms with Crippen molar-refractivity contribution in [2.75, 3.05) is 7.11 Å². The first-order valence-electron chi connectivity index (χ1n) is 4.07. The van der Waals surface area contributed by atoms with E-state index in [9.17, 15) is 5.11 Å². The summed E-state index contributed by atoms with van der Waals surface area (Å²) in [5, 5.41) is 9.42. The van der Waals surface area contributed by atoms with Crippen LogP contribution in [-0.4, -0.2) is 23.4 Å². The first-order chi connectivity index (χ1) is 5.22. The van der Waals surface area contributed by atoms with Gasteiger partial charge >= 0.3 is 0 Å². The maximum atomic E-state index is 9.42. The van der Waals surface area contributed by atoms with E-state index in [0.717, 1.165) is 0 Å². The molecule has 0 unspecified atom stereocenters. The summed E-state index contributed by atoms with van der Waals surface area (Å²) in [6.45, 7) is 12.4. The van der Waals surface area contributed by atoms with Crippen LogP contribution in [0.25, 0.3) is 0 Å². The molecule has 12 heavy (non-hydrogen) atoms. The molecule has 0 saturated heterocycles. The molecular formula is C10H22O2. The van der Waals surface area contributed by atoms with Crippen LogP contribution >= 0.6 is 0 Å². The van der Waals surface area contributed by atoms with Gasteiger partial charge in [0.15, 0.2) is 0 Å². The van der Waals surface area contributed by atoms with Crippen LogP contribution in [0.15, 0.2) is 12.7 Å². The lowest BCUT2D eigenvalue weighted by Gasteiger charge is -2.35. The summed E-state index contributed by atoms with van der Waals surface area (Å²) in [4.78, 5) is 0. The highest BCUT2D eigenvalue weighted by Gasteiger charge is 2.34. The molecule has 0 fully saturated rings. The van der Waals surface area contributed by atoms with Gasteiger partial charge in [-0.25, -0.2) is 0 Å². The van der Waals surface area contributed by atoms with Gasteiger partial charge in [0, 0.05) is 7.11 Å². The summed E-state index contributed by atoms with van der Waals surface area (Å²) < 4.78 is 5.05. The first kappa shape index (κ1) is 14.2. The Morgan fingerprint density at radius 2 is 1.50 bits per heavy atom. The van der Waals surface area contributed by atoms with Crippen molar-refractivity contribution in [2.24, 2.45) is 0 Å². The molecular weight excluding hydrogens is 152 g/mol. The van der Waals surface area contributed by atoms with Gasteiger partial charge in [-0.1, -0.05) is 6.08 Å². The Hall–Kier alpha value is -0.340. The summed E-state index contributed by atoms with van der Waals surface area (Å²) in [6.07, 6.45) is 1.75. The average molecular weight is 174 g/mol. The van der Waals surface area contributed by atoms with Crippen LogP contribution in [0.4, 0.5) is 0 Å². The van der Waals surface area contributed by atoms with Crippen LogP contribution in [-0.2, 0) is 4.74 Å². The number of methoxy groups -OCH3 is 1. The largest absolute Gasteiger partial charge is 0.387 e. The normalized spacial score (nSPS) is 11.6. The number of ether oxygens (including phenoxy) is 1. The highest BCUT2D eigenvalue weighted by Crippen LogP contribution is 2.23. The SMILES string of the molecule is C=CC.COC(C)(C)C(C)(C)O. The third kappa shape index (κ3) is 5.33. The second-order valence-corrected chi connectivity index (χ2v) is 3.68. The molecule has 1 N–H and O–H groups in total. The van der Waals surface area contributed by atoms with E-state index in [1.54, 1.807) is 27.0 Å². The second kappa shape index (κ2) is 5.33. The molecule has 74 valence electrons. The van der Waals surface area contributed by atoms with Crippen molar-refractivity contribution in [3.63, 3.8) is 0 Å². The van der Waals surface area contributed by atoms with E-state index in [1.807, 2.05) is 20.8 Å². The van der Waals surface area contributed by atoms with Crippen LogP contribution in [0.1, 0.15) is 34.6 Å². The molecule has 0 bridgehead atoms. The molecule has 0 heterocycles. The van der Waals surface area contributed by atoms with Crippen molar-refractivity contribution in [3.05, 3.63) is 12.7 Å². The Bertz CT molecular complexity index is 120. The molecule has 0 atom stereocenters. The van der Waals surface area contributed by atoms with Crippen molar-refractivity contribution in [2.45, 2.75) is 45.8 Å². The second-order valence-electron chi connectivity index (χ2n) is 3.68. The number of aliphatic hydroxyl groups is 1. The van der Waals surface area contributed by atoms with Crippen molar-refractivity contribution < 1.29 is 9.84 Å². The van der Waals surface area contributed by atoms with Gasteiger partial charge in [-0.05, 0) is 34.6 Å².